The number of aromatic amines is 1. The van der Waals surface area contributed by atoms with Crippen molar-refractivity contribution in [2.75, 3.05) is 11.9 Å². The fourth-order valence-corrected chi connectivity index (χ4v) is 3.45. The van der Waals surface area contributed by atoms with Crippen molar-refractivity contribution < 1.29 is 4.92 Å². The molecule has 4 N–H and O–H groups in total. The van der Waals surface area contributed by atoms with E-state index in [0.29, 0.717) is 44.3 Å². The first-order chi connectivity index (χ1) is 15.4. The van der Waals surface area contributed by atoms with Crippen molar-refractivity contribution in [3.63, 3.8) is 0 Å². The topological polar surface area (TPSA) is 149 Å². The van der Waals surface area contributed by atoms with Gasteiger partial charge in [-0.2, -0.15) is 0 Å². The van der Waals surface area contributed by atoms with Gasteiger partial charge < -0.3 is 16.0 Å². The number of hydrogen-bond donors (Lipinski definition) is 3. The smallest absolute Gasteiger partial charge is 0.287 e. The van der Waals surface area contributed by atoms with Crippen molar-refractivity contribution in [2.24, 2.45) is 5.73 Å². The molecular formula is C20H16Cl2N8O2. The van der Waals surface area contributed by atoms with Crippen LogP contribution in [0, 0.1) is 10.1 Å². The molecule has 0 fully saturated rings. The lowest BCUT2D eigenvalue weighted by molar-refractivity contribution is -0.385. The van der Waals surface area contributed by atoms with Crippen LogP contribution in [-0.2, 0) is 0 Å². The summed E-state index contributed by atoms with van der Waals surface area (Å²) >= 11 is 12.5. The van der Waals surface area contributed by atoms with E-state index in [0.717, 1.165) is 0 Å². The van der Waals surface area contributed by atoms with Gasteiger partial charge in [0.2, 0.25) is 0 Å². The third-order valence-electron chi connectivity index (χ3n) is 4.54. The van der Waals surface area contributed by atoms with E-state index in [4.69, 9.17) is 28.9 Å². The van der Waals surface area contributed by atoms with Crippen molar-refractivity contribution in [3.8, 4) is 22.6 Å². The molecular weight excluding hydrogens is 455 g/mol. The van der Waals surface area contributed by atoms with Crippen LogP contribution in [0.4, 0.5) is 11.5 Å². The maximum Gasteiger partial charge on any atom is 0.287 e. The van der Waals surface area contributed by atoms with Crippen molar-refractivity contribution in [3.05, 3.63) is 81.1 Å². The van der Waals surface area contributed by atoms with E-state index in [-0.39, 0.29) is 12.2 Å². The molecule has 3 aromatic heterocycles. The zero-order valence-corrected chi connectivity index (χ0v) is 17.9. The zero-order valence-electron chi connectivity index (χ0n) is 16.4. The lowest BCUT2D eigenvalue weighted by atomic mass is 10.1. The maximum atomic E-state index is 10.8. The molecule has 0 bridgehead atoms. The number of benzene rings is 1. The fraction of sp³-hybridized carbons (Fsp3) is 0.100. The summed E-state index contributed by atoms with van der Waals surface area (Å²) in [6, 6.07) is 7.39. The van der Waals surface area contributed by atoms with E-state index in [1.807, 2.05) is 0 Å². The number of imidazole rings is 1. The molecule has 3 heterocycles. The van der Waals surface area contributed by atoms with E-state index < -0.39 is 11.0 Å². The third-order valence-corrected chi connectivity index (χ3v) is 5.09. The molecule has 162 valence electrons. The van der Waals surface area contributed by atoms with Gasteiger partial charge in [-0.05, 0) is 24.3 Å². The molecule has 0 radical (unpaired) electrons. The van der Waals surface area contributed by atoms with Gasteiger partial charge in [0.1, 0.15) is 23.7 Å². The number of H-pyrrole nitrogens is 1. The summed E-state index contributed by atoms with van der Waals surface area (Å²) in [5.74, 6) is 1.40. The summed E-state index contributed by atoms with van der Waals surface area (Å²) in [4.78, 5) is 30.6. The average Bonchev–Trinajstić information content (AvgIpc) is 3.32. The molecule has 1 atom stereocenters. The van der Waals surface area contributed by atoms with Crippen LogP contribution < -0.4 is 11.1 Å². The minimum Gasteiger partial charge on any atom is -0.368 e. The number of nitrogens with one attached hydrogen (secondary N) is 2. The molecule has 0 saturated heterocycles. The summed E-state index contributed by atoms with van der Waals surface area (Å²) in [6.45, 7) is 0.249. The van der Waals surface area contributed by atoms with E-state index >= 15 is 0 Å². The molecule has 4 aromatic rings. The van der Waals surface area contributed by atoms with Crippen LogP contribution in [0.2, 0.25) is 10.0 Å². The summed E-state index contributed by atoms with van der Waals surface area (Å²) in [5.41, 5.74) is 8.06. The minimum absolute atomic E-state index is 0.0961. The van der Waals surface area contributed by atoms with Crippen LogP contribution in [0.5, 0.6) is 0 Å². The molecule has 1 aromatic carbocycles. The fourth-order valence-electron chi connectivity index (χ4n) is 2.95. The van der Waals surface area contributed by atoms with Gasteiger partial charge in [-0.15, -0.1) is 0 Å². The summed E-state index contributed by atoms with van der Waals surface area (Å²) < 4.78 is 0. The Balaban J connectivity index is 1.62. The highest BCUT2D eigenvalue weighted by molar-refractivity contribution is 6.36. The molecule has 1 unspecified atom stereocenters. The third kappa shape index (κ3) is 4.67. The maximum absolute atomic E-state index is 10.8. The van der Waals surface area contributed by atoms with Crippen LogP contribution in [-0.4, -0.2) is 36.4 Å². The number of anilines is 1. The largest absolute Gasteiger partial charge is 0.368 e. The Kier molecular flexibility index (Phi) is 6.26. The normalized spacial score (nSPS) is 11.8. The van der Waals surface area contributed by atoms with Crippen molar-refractivity contribution >= 4 is 34.7 Å². The zero-order chi connectivity index (χ0) is 22.7. The predicted octanol–water partition coefficient (Wildman–Crippen LogP) is 4.26. The Hall–Kier alpha value is -3.60. The monoisotopic (exact) mass is 470 g/mol. The first kappa shape index (κ1) is 21.6. The van der Waals surface area contributed by atoms with Crippen LogP contribution in [0.1, 0.15) is 11.9 Å². The van der Waals surface area contributed by atoms with Crippen LogP contribution in [0.15, 0.2) is 55.1 Å². The highest BCUT2D eigenvalue weighted by atomic mass is 35.5. The van der Waals surface area contributed by atoms with Crippen LogP contribution in [0.25, 0.3) is 22.6 Å². The molecule has 0 aliphatic heterocycles. The Bertz CT molecular complexity index is 1250. The molecule has 0 saturated carbocycles. The van der Waals surface area contributed by atoms with Crippen LogP contribution in [0.3, 0.4) is 0 Å². The number of nitrogens with two attached hydrogens (primary N) is 1. The highest BCUT2D eigenvalue weighted by Gasteiger charge is 2.19. The summed E-state index contributed by atoms with van der Waals surface area (Å²) in [7, 11) is 0. The van der Waals surface area contributed by atoms with Crippen LogP contribution >= 0.6 is 23.2 Å². The number of halogens is 2. The molecule has 0 aliphatic rings. The van der Waals surface area contributed by atoms with E-state index in [1.165, 1.54) is 18.3 Å². The first-order valence-electron chi connectivity index (χ1n) is 9.34. The number of rotatable bonds is 7. The Labute approximate surface area is 192 Å². The number of pyridine rings is 1. The molecule has 0 spiro atoms. The standard InChI is InChI=1S/C20H16Cl2N8O2/c21-11-1-3-13(15(22)7-11)18-14(19-24-5-6-25-19)9-28-20(29-18)16(23)10-27-17-4-2-12(8-26-17)30(31)32/h1-9,16H,10,23H2,(H,24,25)(H,26,27). The molecule has 0 amide bonds. The highest BCUT2D eigenvalue weighted by Crippen LogP contribution is 2.34. The van der Waals surface area contributed by atoms with Gasteiger partial charge in [0.05, 0.1) is 27.2 Å². The van der Waals surface area contributed by atoms with E-state index in [2.05, 4.69) is 30.2 Å². The first-order valence-corrected chi connectivity index (χ1v) is 10.1. The van der Waals surface area contributed by atoms with Crippen molar-refractivity contribution in [2.45, 2.75) is 6.04 Å². The molecule has 10 nitrogen and oxygen atoms in total. The van der Waals surface area contributed by atoms with Gasteiger partial charge in [0.25, 0.3) is 5.69 Å². The Morgan fingerprint density at radius 2 is 1.97 bits per heavy atom. The quantitative estimate of drug-likeness (QED) is 0.268. The summed E-state index contributed by atoms with van der Waals surface area (Å²) in [5, 5.41) is 14.7. The lowest BCUT2D eigenvalue weighted by Gasteiger charge is -2.15. The van der Waals surface area contributed by atoms with Gasteiger partial charge in [-0.25, -0.2) is 19.9 Å². The second-order valence-electron chi connectivity index (χ2n) is 6.70. The second kappa shape index (κ2) is 9.27. The number of nitro groups is 1. The number of hydrogen-bond acceptors (Lipinski definition) is 8. The van der Waals surface area contributed by atoms with Gasteiger partial charge in [-0.1, -0.05) is 23.2 Å². The SMILES string of the molecule is NC(CNc1ccc([N+](=O)[O-])cn1)c1ncc(-c2ncc[nH]2)c(-c2ccc(Cl)cc2Cl)n1. The lowest BCUT2D eigenvalue weighted by Crippen LogP contribution is -2.23. The molecule has 0 aliphatic carbocycles. The van der Waals surface area contributed by atoms with Gasteiger partial charge in [0, 0.05) is 41.8 Å². The molecule has 32 heavy (non-hydrogen) atoms. The molecule has 12 heteroatoms. The van der Waals surface area contributed by atoms with Crippen molar-refractivity contribution in [1.29, 1.82) is 0 Å². The number of nitrogens with zero attached hydrogens (tertiary/aromatic N) is 5. The Morgan fingerprint density at radius 1 is 1.12 bits per heavy atom. The molecule has 4 rings (SSSR count). The second-order valence-corrected chi connectivity index (χ2v) is 7.54. The summed E-state index contributed by atoms with van der Waals surface area (Å²) in [6.07, 6.45) is 6.13. The van der Waals surface area contributed by atoms with E-state index in [9.17, 15) is 10.1 Å². The van der Waals surface area contributed by atoms with E-state index in [1.54, 1.807) is 36.8 Å². The predicted molar refractivity (Wildman–Crippen MR) is 121 cm³/mol. The Morgan fingerprint density at radius 3 is 2.62 bits per heavy atom. The van der Waals surface area contributed by atoms with Crippen molar-refractivity contribution in [1.82, 2.24) is 24.9 Å². The van der Waals surface area contributed by atoms with Gasteiger partial charge in [0.15, 0.2) is 0 Å². The van der Waals surface area contributed by atoms with Gasteiger partial charge >= 0.3 is 0 Å². The average molecular weight is 471 g/mol. The minimum atomic E-state index is -0.595. The number of aromatic nitrogens is 5. The van der Waals surface area contributed by atoms with Gasteiger partial charge in [-0.3, -0.25) is 10.1 Å².